The van der Waals surface area contributed by atoms with Gasteiger partial charge in [0.05, 0.1) is 33.1 Å². The van der Waals surface area contributed by atoms with Crippen molar-refractivity contribution < 1.29 is 24.1 Å². The second kappa shape index (κ2) is 11.2. The van der Waals surface area contributed by atoms with Crippen LogP contribution in [-0.4, -0.2) is 22.9 Å². The van der Waals surface area contributed by atoms with Crippen LogP contribution in [0.3, 0.4) is 0 Å². The van der Waals surface area contributed by atoms with E-state index in [-0.39, 0.29) is 32.7 Å². The van der Waals surface area contributed by atoms with Gasteiger partial charge >= 0.3 is 5.69 Å². The molecule has 3 aromatic carbocycles. The molecule has 3 aromatic rings. The molecule has 182 valence electrons. The van der Waals surface area contributed by atoms with Crippen molar-refractivity contribution in [2.24, 2.45) is 0 Å². The van der Waals surface area contributed by atoms with Crippen molar-refractivity contribution in [2.75, 3.05) is 12.4 Å². The summed E-state index contributed by atoms with van der Waals surface area (Å²) >= 11 is 12.5. The molecule has 1 amide bonds. The first-order valence-electron chi connectivity index (χ1n) is 9.80. The number of nitro groups is 2. The molecule has 0 saturated heterocycles. The SMILES string of the molecule is COc1ccc(NC(=O)/C(C#N)=C/c2cc(Cl)c(Oc3ccc([N+](=O)[O-])cc3[N+](=O)[O-])c(Cl)c2)cc1. The minimum absolute atomic E-state index is 0.0887. The molecule has 0 atom stereocenters. The summed E-state index contributed by atoms with van der Waals surface area (Å²) in [4.78, 5) is 33.2. The number of nitro benzene ring substituents is 2. The third-order valence-corrected chi connectivity index (χ3v) is 5.17. The Labute approximate surface area is 213 Å². The van der Waals surface area contributed by atoms with Crippen LogP contribution in [0.15, 0.2) is 60.2 Å². The monoisotopic (exact) mass is 528 g/mol. The molecule has 0 spiro atoms. The molecule has 0 radical (unpaired) electrons. The molecule has 0 aliphatic heterocycles. The molecule has 0 aromatic heterocycles. The number of methoxy groups -OCH3 is 1. The summed E-state index contributed by atoms with van der Waals surface area (Å²) in [5.41, 5.74) is -0.702. The normalized spacial score (nSPS) is 10.8. The van der Waals surface area contributed by atoms with E-state index in [2.05, 4.69) is 5.32 Å². The smallest absolute Gasteiger partial charge is 0.318 e. The molecular weight excluding hydrogens is 515 g/mol. The number of non-ortho nitro benzene ring substituents is 1. The van der Waals surface area contributed by atoms with E-state index in [1.807, 2.05) is 0 Å². The van der Waals surface area contributed by atoms with Crippen LogP contribution in [0.5, 0.6) is 17.2 Å². The van der Waals surface area contributed by atoms with Gasteiger partial charge in [-0.05, 0) is 54.1 Å². The van der Waals surface area contributed by atoms with Crippen molar-refractivity contribution in [1.82, 2.24) is 0 Å². The molecule has 3 rings (SSSR count). The third-order valence-electron chi connectivity index (χ3n) is 4.61. The van der Waals surface area contributed by atoms with Crippen LogP contribution in [0.1, 0.15) is 5.56 Å². The first kappa shape index (κ1) is 26.0. The van der Waals surface area contributed by atoms with E-state index in [1.54, 1.807) is 30.3 Å². The van der Waals surface area contributed by atoms with Crippen LogP contribution < -0.4 is 14.8 Å². The second-order valence-electron chi connectivity index (χ2n) is 6.93. The zero-order valence-electron chi connectivity index (χ0n) is 18.2. The highest BCUT2D eigenvalue weighted by Gasteiger charge is 2.23. The Morgan fingerprint density at radius 3 is 2.19 bits per heavy atom. The lowest BCUT2D eigenvalue weighted by Crippen LogP contribution is -2.13. The Kier molecular flexibility index (Phi) is 8.06. The molecule has 0 saturated carbocycles. The van der Waals surface area contributed by atoms with Crippen molar-refractivity contribution in [3.8, 4) is 23.3 Å². The number of nitrogens with one attached hydrogen (secondary N) is 1. The van der Waals surface area contributed by atoms with Crippen molar-refractivity contribution in [2.45, 2.75) is 0 Å². The molecule has 11 nitrogen and oxygen atoms in total. The highest BCUT2D eigenvalue weighted by atomic mass is 35.5. The summed E-state index contributed by atoms with van der Waals surface area (Å²) in [5, 5.41) is 34.1. The molecule has 0 aliphatic rings. The quantitative estimate of drug-likeness (QED) is 0.157. The summed E-state index contributed by atoms with van der Waals surface area (Å²) in [5.74, 6) is -0.575. The molecule has 0 unspecified atom stereocenters. The van der Waals surface area contributed by atoms with Crippen molar-refractivity contribution in [3.05, 3.63) is 96.0 Å². The minimum atomic E-state index is -0.845. The number of hydrogen-bond acceptors (Lipinski definition) is 8. The number of amides is 1. The molecule has 0 fully saturated rings. The van der Waals surface area contributed by atoms with Crippen LogP contribution >= 0.6 is 23.2 Å². The lowest BCUT2D eigenvalue weighted by Gasteiger charge is -2.11. The summed E-state index contributed by atoms with van der Waals surface area (Å²) < 4.78 is 10.5. The zero-order chi connectivity index (χ0) is 26.4. The van der Waals surface area contributed by atoms with Crippen LogP contribution in [0, 0.1) is 31.6 Å². The topological polar surface area (TPSA) is 158 Å². The average Bonchev–Trinajstić information content (AvgIpc) is 2.85. The highest BCUT2D eigenvalue weighted by Crippen LogP contribution is 2.41. The maximum Gasteiger partial charge on any atom is 0.318 e. The van der Waals surface area contributed by atoms with E-state index >= 15 is 0 Å². The second-order valence-corrected chi connectivity index (χ2v) is 7.75. The van der Waals surface area contributed by atoms with Crippen molar-refractivity contribution in [1.29, 1.82) is 5.26 Å². The number of benzene rings is 3. The van der Waals surface area contributed by atoms with Gasteiger partial charge in [-0.25, -0.2) is 0 Å². The van der Waals surface area contributed by atoms with Crippen LogP contribution in [0.2, 0.25) is 10.0 Å². The maximum absolute atomic E-state index is 12.5. The highest BCUT2D eigenvalue weighted by molar-refractivity contribution is 6.37. The molecule has 36 heavy (non-hydrogen) atoms. The number of hydrogen-bond donors (Lipinski definition) is 1. The Balaban J connectivity index is 1.87. The fraction of sp³-hybridized carbons (Fsp3) is 0.0435. The minimum Gasteiger partial charge on any atom is -0.497 e. The zero-order valence-corrected chi connectivity index (χ0v) is 19.7. The number of halogens is 2. The Morgan fingerprint density at radius 2 is 1.67 bits per heavy atom. The number of anilines is 1. The molecule has 1 N–H and O–H groups in total. The van der Waals surface area contributed by atoms with E-state index in [0.29, 0.717) is 11.4 Å². The van der Waals surface area contributed by atoms with Crippen LogP contribution in [0.4, 0.5) is 17.1 Å². The fourth-order valence-electron chi connectivity index (χ4n) is 2.91. The lowest BCUT2D eigenvalue weighted by atomic mass is 10.1. The van der Waals surface area contributed by atoms with E-state index < -0.39 is 27.1 Å². The summed E-state index contributed by atoms with van der Waals surface area (Å²) in [6.07, 6.45) is 1.24. The Morgan fingerprint density at radius 1 is 1.03 bits per heavy atom. The number of nitriles is 1. The lowest BCUT2D eigenvalue weighted by molar-refractivity contribution is -0.394. The Hall–Kier alpha value is -4.66. The largest absolute Gasteiger partial charge is 0.497 e. The maximum atomic E-state index is 12.5. The van der Waals surface area contributed by atoms with Gasteiger partial charge in [-0.3, -0.25) is 25.0 Å². The number of ether oxygens (including phenoxy) is 2. The predicted octanol–water partition coefficient (Wildman–Crippen LogP) is 6.16. The van der Waals surface area contributed by atoms with E-state index in [4.69, 9.17) is 32.7 Å². The molecular formula is C23H14Cl2N4O7. The molecule has 0 heterocycles. The van der Waals surface area contributed by atoms with Gasteiger partial charge in [0.2, 0.25) is 5.75 Å². The van der Waals surface area contributed by atoms with E-state index in [1.165, 1.54) is 25.3 Å². The standard InChI is InChI=1S/C23H14Cl2N4O7/c1-35-17-5-2-15(3-6-17)27-23(30)14(12-26)8-13-9-18(24)22(19(25)10-13)36-21-7-4-16(28(31)32)11-20(21)29(33)34/h2-11H,1H3,(H,27,30)/b14-8+. The van der Waals surface area contributed by atoms with E-state index in [0.717, 1.165) is 18.2 Å². The van der Waals surface area contributed by atoms with Gasteiger partial charge in [0, 0.05) is 11.8 Å². The first-order chi connectivity index (χ1) is 17.1. The number of rotatable bonds is 8. The summed E-state index contributed by atoms with van der Waals surface area (Å²) in [6.45, 7) is 0. The number of nitrogens with zero attached hydrogens (tertiary/aromatic N) is 3. The molecule has 0 bridgehead atoms. The van der Waals surface area contributed by atoms with Crippen molar-refractivity contribution >= 4 is 52.2 Å². The van der Waals surface area contributed by atoms with Crippen LogP contribution in [0.25, 0.3) is 6.08 Å². The summed E-state index contributed by atoms with van der Waals surface area (Å²) in [6, 6.07) is 13.8. The van der Waals surface area contributed by atoms with Crippen molar-refractivity contribution in [3.63, 3.8) is 0 Å². The van der Waals surface area contributed by atoms with Crippen LogP contribution in [-0.2, 0) is 4.79 Å². The van der Waals surface area contributed by atoms with Gasteiger partial charge in [-0.1, -0.05) is 23.2 Å². The van der Waals surface area contributed by atoms with E-state index in [9.17, 15) is 30.3 Å². The predicted molar refractivity (Wildman–Crippen MR) is 132 cm³/mol. The van der Waals surface area contributed by atoms with Gasteiger partial charge in [0.15, 0.2) is 5.75 Å². The Bertz CT molecular complexity index is 1410. The van der Waals surface area contributed by atoms with Gasteiger partial charge in [0.25, 0.3) is 11.6 Å². The van der Waals surface area contributed by atoms with Gasteiger partial charge in [0.1, 0.15) is 17.4 Å². The molecule has 13 heteroatoms. The number of carbonyl (C=O) groups excluding carboxylic acids is 1. The summed E-state index contributed by atoms with van der Waals surface area (Å²) in [7, 11) is 1.50. The van der Waals surface area contributed by atoms with Gasteiger partial charge < -0.3 is 14.8 Å². The average molecular weight is 529 g/mol. The van der Waals surface area contributed by atoms with Gasteiger partial charge in [-0.15, -0.1) is 0 Å². The number of carbonyl (C=O) groups is 1. The molecule has 0 aliphatic carbocycles. The third kappa shape index (κ3) is 6.06. The van der Waals surface area contributed by atoms with Gasteiger partial charge in [-0.2, -0.15) is 5.26 Å². The fourth-order valence-corrected chi connectivity index (χ4v) is 3.49. The first-order valence-corrected chi connectivity index (χ1v) is 10.6.